The molecule has 130 valence electrons. The van der Waals surface area contributed by atoms with Gasteiger partial charge in [-0.1, -0.05) is 78.9 Å². The van der Waals surface area contributed by atoms with Crippen LogP contribution in [-0.4, -0.2) is 11.1 Å². The first-order valence-electron chi connectivity index (χ1n) is 8.58. The van der Waals surface area contributed by atoms with E-state index in [4.69, 9.17) is 4.74 Å². The van der Waals surface area contributed by atoms with Gasteiger partial charge in [0, 0.05) is 5.56 Å². The van der Waals surface area contributed by atoms with Gasteiger partial charge < -0.3 is 9.84 Å². The monoisotopic (exact) mass is 345 g/mol. The molecule has 1 fully saturated rings. The maximum Gasteiger partial charge on any atom is 0.328 e. The molecule has 1 aliphatic heterocycles. The summed E-state index contributed by atoms with van der Waals surface area (Å²) in [5, 5.41) is 13.6. The van der Waals surface area contributed by atoms with Crippen molar-refractivity contribution in [1.82, 2.24) is 5.32 Å². The Bertz CT molecular complexity index is 896. The van der Waals surface area contributed by atoms with E-state index in [1.165, 1.54) is 0 Å². The SMILES string of the molecule is O=C1O[C@H](c2ccccc2)[C@H](c2ccccc2)N[C@H]1c1ccccc1O. The predicted molar refractivity (Wildman–Crippen MR) is 98.4 cm³/mol. The van der Waals surface area contributed by atoms with Gasteiger partial charge in [-0.3, -0.25) is 5.32 Å². The summed E-state index contributed by atoms with van der Waals surface area (Å²) in [6.07, 6.45) is -0.437. The second-order valence-corrected chi connectivity index (χ2v) is 6.32. The molecule has 4 heteroatoms. The van der Waals surface area contributed by atoms with Gasteiger partial charge in [-0.2, -0.15) is 0 Å². The van der Waals surface area contributed by atoms with Crippen molar-refractivity contribution in [3.63, 3.8) is 0 Å². The highest BCUT2D eigenvalue weighted by molar-refractivity contribution is 5.80. The highest BCUT2D eigenvalue weighted by atomic mass is 16.5. The molecule has 0 aliphatic carbocycles. The van der Waals surface area contributed by atoms with E-state index < -0.39 is 18.1 Å². The highest BCUT2D eigenvalue weighted by Crippen LogP contribution is 2.40. The van der Waals surface area contributed by atoms with Gasteiger partial charge in [0.05, 0.1) is 6.04 Å². The Balaban J connectivity index is 1.74. The highest BCUT2D eigenvalue weighted by Gasteiger charge is 2.40. The molecule has 0 bridgehead atoms. The van der Waals surface area contributed by atoms with E-state index in [9.17, 15) is 9.90 Å². The lowest BCUT2D eigenvalue weighted by molar-refractivity contribution is -0.161. The maximum absolute atomic E-state index is 12.7. The van der Waals surface area contributed by atoms with Crippen molar-refractivity contribution in [3.05, 3.63) is 102 Å². The predicted octanol–water partition coefficient (Wildman–Crippen LogP) is 4.06. The number of cyclic esters (lactones) is 1. The number of nitrogens with one attached hydrogen (secondary N) is 1. The number of esters is 1. The molecule has 1 aliphatic rings. The second kappa shape index (κ2) is 7.02. The zero-order valence-corrected chi connectivity index (χ0v) is 14.1. The fourth-order valence-corrected chi connectivity index (χ4v) is 3.38. The summed E-state index contributed by atoms with van der Waals surface area (Å²) in [6.45, 7) is 0. The second-order valence-electron chi connectivity index (χ2n) is 6.32. The molecule has 0 spiro atoms. The standard InChI is InChI=1S/C22H19NO3/c24-18-14-8-7-13-17(18)20-22(25)26-21(16-11-5-2-6-12-16)19(23-20)15-9-3-1-4-10-15/h1-14,19-21,23-24H/t19-,20-,21+/m0/s1. The van der Waals surface area contributed by atoms with Gasteiger partial charge >= 0.3 is 5.97 Å². The number of rotatable bonds is 3. The molecular weight excluding hydrogens is 326 g/mol. The van der Waals surface area contributed by atoms with Crippen molar-refractivity contribution in [3.8, 4) is 5.75 Å². The summed E-state index contributed by atoms with van der Waals surface area (Å²) in [7, 11) is 0. The van der Waals surface area contributed by atoms with Gasteiger partial charge in [0.2, 0.25) is 0 Å². The molecule has 3 aromatic rings. The molecule has 4 rings (SSSR count). The van der Waals surface area contributed by atoms with Crippen LogP contribution >= 0.6 is 0 Å². The fourth-order valence-electron chi connectivity index (χ4n) is 3.38. The third-order valence-electron chi connectivity index (χ3n) is 4.66. The topological polar surface area (TPSA) is 58.6 Å². The summed E-state index contributed by atoms with van der Waals surface area (Å²) in [5.74, 6) is -0.320. The molecule has 1 heterocycles. The zero-order chi connectivity index (χ0) is 17.9. The minimum atomic E-state index is -0.721. The van der Waals surface area contributed by atoms with Crippen molar-refractivity contribution < 1.29 is 14.6 Å². The number of hydrogen-bond donors (Lipinski definition) is 2. The van der Waals surface area contributed by atoms with Crippen molar-refractivity contribution in [2.24, 2.45) is 0 Å². The first kappa shape index (κ1) is 16.4. The van der Waals surface area contributed by atoms with Gasteiger partial charge in [-0.05, 0) is 17.2 Å². The quantitative estimate of drug-likeness (QED) is 0.703. The number of benzene rings is 3. The van der Waals surface area contributed by atoms with Gasteiger partial charge in [-0.15, -0.1) is 0 Å². The molecule has 4 nitrogen and oxygen atoms in total. The van der Waals surface area contributed by atoms with Gasteiger partial charge in [0.15, 0.2) is 0 Å². The summed E-state index contributed by atoms with van der Waals surface area (Å²) in [5.41, 5.74) is 2.47. The minimum absolute atomic E-state index is 0.0759. The summed E-state index contributed by atoms with van der Waals surface area (Å²) >= 11 is 0. The van der Waals surface area contributed by atoms with Crippen LogP contribution in [0, 0.1) is 0 Å². The average Bonchev–Trinajstić information content (AvgIpc) is 2.70. The molecule has 1 saturated heterocycles. The number of carbonyl (C=O) groups excluding carboxylic acids is 1. The number of phenols is 1. The van der Waals surface area contributed by atoms with E-state index in [0.29, 0.717) is 5.56 Å². The van der Waals surface area contributed by atoms with E-state index in [0.717, 1.165) is 11.1 Å². The van der Waals surface area contributed by atoms with Crippen LogP contribution in [-0.2, 0) is 9.53 Å². The van der Waals surface area contributed by atoms with Crippen molar-refractivity contribution >= 4 is 5.97 Å². The van der Waals surface area contributed by atoms with Crippen LogP contribution in [0.1, 0.15) is 34.9 Å². The van der Waals surface area contributed by atoms with E-state index >= 15 is 0 Å². The van der Waals surface area contributed by atoms with Gasteiger partial charge in [0.1, 0.15) is 17.9 Å². The molecule has 0 amide bonds. The lowest BCUT2D eigenvalue weighted by Gasteiger charge is -2.37. The number of ether oxygens (including phenoxy) is 1. The Morgan fingerprint density at radius 1 is 0.769 bits per heavy atom. The lowest BCUT2D eigenvalue weighted by atomic mass is 9.91. The Morgan fingerprint density at radius 2 is 1.35 bits per heavy atom. The van der Waals surface area contributed by atoms with Crippen molar-refractivity contribution in [2.45, 2.75) is 18.2 Å². The first-order chi connectivity index (χ1) is 12.7. The molecule has 2 N–H and O–H groups in total. The molecule has 0 radical (unpaired) electrons. The Hall–Kier alpha value is -3.11. The van der Waals surface area contributed by atoms with E-state index in [1.54, 1.807) is 24.3 Å². The molecule has 26 heavy (non-hydrogen) atoms. The fraction of sp³-hybridized carbons (Fsp3) is 0.136. The Labute approximate surface area is 152 Å². The van der Waals surface area contributed by atoms with Crippen LogP contribution in [0.25, 0.3) is 0 Å². The first-order valence-corrected chi connectivity index (χ1v) is 8.58. The number of carbonyl (C=O) groups is 1. The number of para-hydroxylation sites is 1. The van der Waals surface area contributed by atoms with Crippen LogP contribution in [0.2, 0.25) is 0 Å². The largest absolute Gasteiger partial charge is 0.508 e. The number of phenolic OH excluding ortho intramolecular Hbond substituents is 1. The van der Waals surface area contributed by atoms with Crippen LogP contribution in [0.15, 0.2) is 84.9 Å². The number of aromatic hydroxyl groups is 1. The number of morpholine rings is 1. The lowest BCUT2D eigenvalue weighted by Crippen LogP contribution is -2.43. The van der Waals surface area contributed by atoms with Gasteiger partial charge in [0.25, 0.3) is 0 Å². The van der Waals surface area contributed by atoms with Gasteiger partial charge in [-0.25, -0.2) is 4.79 Å². The van der Waals surface area contributed by atoms with E-state index in [-0.39, 0.29) is 11.8 Å². The molecule has 3 atom stereocenters. The third kappa shape index (κ3) is 3.07. The Morgan fingerprint density at radius 3 is 2.00 bits per heavy atom. The van der Waals surface area contributed by atoms with Crippen LogP contribution in [0.4, 0.5) is 0 Å². The third-order valence-corrected chi connectivity index (χ3v) is 4.66. The molecule has 0 aromatic heterocycles. The van der Waals surface area contributed by atoms with E-state index in [2.05, 4.69) is 5.32 Å². The number of hydrogen-bond acceptors (Lipinski definition) is 4. The van der Waals surface area contributed by atoms with Crippen molar-refractivity contribution in [1.29, 1.82) is 0 Å². The van der Waals surface area contributed by atoms with Crippen molar-refractivity contribution in [2.75, 3.05) is 0 Å². The summed E-state index contributed by atoms with van der Waals surface area (Å²) < 4.78 is 5.85. The normalized spacial score (nSPS) is 22.6. The summed E-state index contributed by atoms with van der Waals surface area (Å²) in [4.78, 5) is 12.7. The maximum atomic E-state index is 12.7. The molecular formula is C22H19NO3. The van der Waals surface area contributed by atoms with Crippen LogP contribution in [0.3, 0.4) is 0 Å². The molecule has 0 saturated carbocycles. The van der Waals surface area contributed by atoms with E-state index in [1.807, 2.05) is 60.7 Å². The zero-order valence-electron chi connectivity index (χ0n) is 14.1. The Kier molecular flexibility index (Phi) is 4.42. The molecule has 3 aromatic carbocycles. The summed E-state index contributed by atoms with van der Waals surface area (Å²) in [6, 6.07) is 25.5. The van der Waals surface area contributed by atoms with Crippen LogP contribution in [0.5, 0.6) is 5.75 Å². The van der Waals surface area contributed by atoms with Crippen LogP contribution < -0.4 is 5.32 Å². The smallest absolute Gasteiger partial charge is 0.328 e. The molecule has 0 unspecified atom stereocenters. The average molecular weight is 345 g/mol. The minimum Gasteiger partial charge on any atom is -0.508 e.